The van der Waals surface area contributed by atoms with Crippen molar-refractivity contribution in [3.05, 3.63) is 0 Å². The zero-order chi connectivity index (χ0) is 13.6. The standard InChI is InChI=1S/C7H10F3N3O4/c8-7(9,10)3-17-6(16)13(1-4(11)14)2-5(12)15/h1-3H2,(H2,11,14)(H2,12,15). The van der Waals surface area contributed by atoms with Gasteiger partial charge in [0.05, 0.1) is 0 Å². The second-order valence-corrected chi connectivity index (χ2v) is 2.96. The van der Waals surface area contributed by atoms with E-state index in [1.165, 1.54) is 0 Å². The quantitative estimate of drug-likeness (QED) is 0.654. The maximum Gasteiger partial charge on any atom is 0.422 e. The van der Waals surface area contributed by atoms with E-state index in [9.17, 15) is 27.6 Å². The molecular weight excluding hydrogens is 247 g/mol. The highest BCUT2D eigenvalue weighted by Gasteiger charge is 2.31. The van der Waals surface area contributed by atoms with Crippen molar-refractivity contribution in [1.82, 2.24) is 4.90 Å². The first kappa shape index (κ1) is 15.0. The van der Waals surface area contributed by atoms with Crippen LogP contribution in [0.5, 0.6) is 0 Å². The van der Waals surface area contributed by atoms with Crippen molar-refractivity contribution in [3.63, 3.8) is 0 Å². The second-order valence-electron chi connectivity index (χ2n) is 2.96. The van der Waals surface area contributed by atoms with Crippen LogP contribution in [0.3, 0.4) is 0 Å². The Morgan fingerprint density at radius 1 is 1.06 bits per heavy atom. The third-order valence-electron chi connectivity index (χ3n) is 1.31. The van der Waals surface area contributed by atoms with Gasteiger partial charge in [0, 0.05) is 0 Å². The van der Waals surface area contributed by atoms with E-state index in [1.54, 1.807) is 0 Å². The monoisotopic (exact) mass is 257 g/mol. The Bertz CT molecular complexity index is 302. The summed E-state index contributed by atoms with van der Waals surface area (Å²) in [5.41, 5.74) is 9.45. The van der Waals surface area contributed by atoms with Crippen LogP contribution in [0.2, 0.25) is 0 Å². The lowest BCUT2D eigenvalue weighted by Crippen LogP contribution is -2.44. The molecule has 0 aliphatic heterocycles. The minimum atomic E-state index is -4.71. The van der Waals surface area contributed by atoms with Gasteiger partial charge in [-0.2, -0.15) is 13.2 Å². The molecule has 0 bridgehead atoms. The van der Waals surface area contributed by atoms with E-state index in [-0.39, 0.29) is 0 Å². The van der Waals surface area contributed by atoms with Crippen LogP contribution in [0, 0.1) is 0 Å². The molecule has 4 N–H and O–H groups in total. The Morgan fingerprint density at radius 2 is 1.47 bits per heavy atom. The lowest BCUT2D eigenvalue weighted by Gasteiger charge is -2.19. The van der Waals surface area contributed by atoms with E-state index < -0.39 is 43.8 Å². The molecule has 0 spiro atoms. The summed E-state index contributed by atoms with van der Waals surface area (Å²) in [5, 5.41) is 0. The Balaban J connectivity index is 4.42. The number of ether oxygens (including phenoxy) is 1. The summed E-state index contributed by atoms with van der Waals surface area (Å²) in [6.07, 6.45) is -6.21. The van der Waals surface area contributed by atoms with Crippen molar-refractivity contribution < 1.29 is 32.3 Å². The molecule has 98 valence electrons. The summed E-state index contributed by atoms with van der Waals surface area (Å²) in [4.78, 5) is 32.4. The molecule has 0 aliphatic carbocycles. The number of carbonyl (C=O) groups is 3. The van der Waals surface area contributed by atoms with E-state index in [4.69, 9.17) is 11.5 Å². The van der Waals surface area contributed by atoms with Gasteiger partial charge in [0.15, 0.2) is 6.61 Å². The molecule has 17 heavy (non-hydrogen) atoms. The first-order valence-corrected chi connectivity index (χ1v) is 4.17. The van der Waals surface area contributed by atoms with Gasteiger partial charge in [-0.3, -0.25) is 14.5 Å². The molecule has 0 saturated carbocycles. The third-order valence-corrected chi connectivity index (χ3v) is 1.31. The number of amides is 3. The molecule has 0 rings (SSSR count). The molecule has 7 nitrogen and oxygen atoms in total. The zero-order valence-electron chi connectivity index (χ0n) is 8.49. The van der Waals surface area contributed by atoms with Crippen LogP contribution in [-0.4, -0.2) is 48.7 Å². The molecule has 0 aromatic carbocycles. The molecule has 0 aromatic heterocycles. The number of hydrogen-bond donors (Lipinski definition) is 2. The average Bonchev–Trinajstić information content (AvgIpc) is 2.10. The van der Waals surface area contributed by atoms with E-state index in [2.05, 4.69) is 4.74 Å². The molecule has 3 amide bonds. The average molecular weight is 257 g/mol. The molecule has 0 fully saturated rings. The number of primary amides is 2. The predicted octanol–water partition coefficient (Wildman–Crippen LogP) is -1.04. The van der Waals surface area contributed by atoms with Crippen molar-refractivity contribution in [2.45, 2.75) is 6.18 Å². The minimum Gasteiger partial charge on any atom is -0.440 e. The van der Waals surface area contributed by atoms with Crippen LogP contribution in [0.15, 0.2) is 0 Å². The van der Waals surface area contributed by atoms with Gasteiger partial charge < -0.3 is 16.2 Å². The number of carbonyl (C=O) groups excluding carboxylic acids is 3. The minimum absolute atomic E-state index is 0.371. The van der Waals surface area contributed by atoms with Crippen molar-refractivity contribution in [1.29, 1.82) is 0 Å². The fourth-order valence-electron chi connectivity index (χ4n) is 0.796. The summed E-state index contributed by atoms with van der Waals surface area (Å²) in [5.74, 6) is -2.04. The number of nitrogens with two attached hydrogens (primary N) is 2. The summed E-state index contributed by atoms with van der Waals surface area (Å²) in [6, 6.07) is 0. The molecule has 0 aliphatic rings. The molecule has 0 radical (unpaired) electrons. The fraction of sp³-hybridized carbons (Fsp3) is 0.571. The first-order valence-electron chi connectivity index (χ1n) is 4.17. The molecule has 0 aromatic rings. The van der Waals surface area contributed by atoms with E-state index in [1.807, 2.05) is 0 Å². The highest BCUT2D eigenvalue weighted by molar-refractivity contribution is 5.85. The number of rotatable bonds is 5. The maximum absolute atomic E-state index is 11.7. The topological polar surface area (TPSA) is 116 Å². The molecule has 10 heteroatoms. The van der Waals surface area contributed by atoms with Gasteiger partial charge in [0.25, 0.3) is 0 Å². The third kappa shape index (κ3) is 7.88. The normalized spacial score (nSPS) is 10.8. The Morgan fingerprint density at radius 3 is 1.76 bits per heavy atom. The van der Waals surface area contributed by atoms with Gasteiger partial charge >= 0.3 is 12.3 Å². The lowest BCUT2D eigenvalue weighted by molar-refractivity contribution is -0.162. The van der Waals surface area contributed by atoms with E-state index in [0.29, 0.717) is 4.90 Å². The number of alkyl halides is 3. The number of nitrogens with zero attached hydrogens (tertiary/aromatic N) is 1. The van der Waals surface area contributed by atoms with Gasteiger partial charge in [-0.05, 0) is 0 Å². The van der Waals surface area contributed by atoms with Crippen LogP contribution in [-0.2, 0) is 14.3 Å². The highest BCUT2D eigenvalue weighted by Crippen LogP contribution is 2.15. The zero-order valence-corrected chi connectivity index (χ0v) is 8.49. The largest absolute Gasteiger partial charge is 0.440 e. The Hall–Kier alpha value is -2.00. The summed E-state index contributed by atoms with van der Waals surface area (Å²) >= 11 is 0. The maximum atomic E-state index is 11.7. The van der Waals surface area contributed by atoms with Gasteiger partial charge in [-0.1, -0.05) is 0 Å². The molecular formula is C7H10F3N3O4. The van der Waals surface area contributed by atoms with Gasteiger partial charge in [-0.25, -0.2) is 4.79 Å². The van der Waals surface area contributed by atoms with Crippen LogP contribution in [0.1, 0.15) is 0 Å². The predicted molar refractivity (Wildman–Crippen MR) is 47.4 cm³/mol. The van der Waals surface area contributed by atoms with Crippen LogP contribution in [0.25, 0.3) is 0 Å². The second kappa shape index (κ2) is 5.92. The summed E-state index contributed by atoms with van der Waals surface area (Å²) in [7, 11) is 0. The van der Waals surface area contributed by atoms with Crippen molar-refractivity contribution in [2.75, 3.05) is 19.7 Å². The molecule has 0 saturated heterocycles. The Kier molecular flexibility index (Phi) is 5.22. The van der Waals surface area contributed by atoms with Crippen molar-refractivity contribution in [2.24, 2.45) is 11.5 Å². The van der Waals surface area contributed by atoms with E-state index in [0.717, 1.165) is 0 Å². The summed E-state index contributed by atoms with van der Waals surface area (Å²) < 4.78 is 39.0. The summed E-state index contributed by atoms with van der Waals surface area (Å²) in [6.45, 7) is -3.36. The van der Waals surface area contributed by atoms with E-state index >= 15 is 0 Å². The van der Waals surface area contributed by atoms with Crippen LogP contribution in [0.4, 0.5) is 18.0 Å². The lowest BCUT2D eigenvalue weighted by atomic mass is 10.4. The first-order chi connectivity index (χ1) is 7.61. The highest BCUT2D eigenvalue weighted by atomic mass is 19.4. The van der Waals surface area contributed by atoms with Crippen molar-refractivity contribution >= 4 is 17.9 Å². The Labute approximate surface area is 93.5 Å². The van der Waals surface area contributed by atoms with Crippen LogP contribution < -0.4 is 11.5 Å². The molecule has 0 atom stereocenters. The van der Waals surface area contributed by atoms with Gasteiger partial charge in [-0.15, -0.1) is 0 Å². The van der Waals surface area contributed by atoms with Crippen molar-refractivity contribution in [3.8, 4) is 0 Å². The van der Waals surface area contributed by atoms with Crippen LogP contribution >= 0.6 is 0 Å². The smallest absolute Gasteiger partial charge is 0.422 e. The molecule has 0 heterocycles. The van der Waals surface area contributed by atoms with Gasteiger partial charge in [0.2, 0.25) is 11.8 Å². The number of halogens is 3. The fourth-order valence-corrected chi connectivity index (χ4v) is 0.796. The van der Waals surface area contributed by atoms with Gasteiger partial charge in [0.1, 0.15) is 13.1 Å². The SMILES string of the molecule is NC(=O)CN(CC(N)=O)C(=O)OCC(F)(F)F. The molecule has 0 unspecified atom stereocenters. The number of hydrogen-bond acceptors (Lipinski definition) is 4.